The van der Waals surface area contributed by atoms with Crippen molar-refractivity contribution in [3.63, 3.8) is 0 Å². The van der Waals surface area contributed by atoms with E-state index in [9.17, 15) is 9.59 Å². The van der Waals surface area contributed by atoms with Crippen LogP contribution in [0, 0.1) is 5.92 Å². The van der Waals surface area contributed by atoms with Crippen molar-refractivity contribution < 1.29 is 14.7 Å². The predicted octanol–water partition coefficient (Wildman–Crippen LogP) is 1.44. The Morgan fingerprint density at radius 1 is 1.41 bits per heavy atom. The molecule has 0 aliphatic rings. The molecule has 1 heterocycles. The van der Waals surface area contributed by atoms with Crippen LogP contribution in [-0.2, 0) is 18.4 Å². The maximum absolute atomic E-state index is 12.0. The Hall–Kier alpha value is -2.57. The number of aryl methyl sites for hydroxylation is 1. The van der Waals surface area contributed by atoms with Crippen molar-refractivity contribution in [3.8, 4) is 0 Å². The fraction of sp³-hybridized carbons (Fsp3) is 0.400. The lowest BCUT2D eigenvalue weighted by molar-refractivity contribution is -0.141. The quantitative estimate of drug-likeness (QED) is 0.875. The molecule has 1 aromatic carbocycles. The summed E-state index contributed by atoms with van der Waals surface area (Å²) in [5.41, 5.74) is 1.88. The number of carboxylic acids is 1. The third kappa shape index (κ3) is 3.36. The van der Waals surface area contributed by atoms with Crippen LogP contribution in [0.3, 0.4) is 0 Å². The molecule has 0 aliphatic heterocycles. The first-order chi connectivity index (χ1) is 10.4. The summed E-state index contributed by atoms with van der Waals surface area (Å²) in [7, 11) is 3.47. The number of aromatic nitrogens is 2. The van der Waals surface area contributed by atoms with Crippen LogP contribution in [0.2, 0.25) is 0 Å². The van der Waals surface area contributed by atoms with Crippen LogP contribution in [0.25, 0.3) is 11.0 Å². The van der Waals surface area contributed by atoms with Crippen molar-refractivity contribution >= 4 is 23.0 Å². The molecule has 1 aromatic heterocycles. The number of carbonyl (C=O) groups excluding carboxylic acids is 1. The number of imidazole rings is 1. The molecule has 7 nitrogen and oxygen atoms in total. The summed E-state index contributed by atoms with van der Waals surface area (Å²) >= 11 is 0. The Kier molecular flexibility index (Phi) is 4.65. The number of hydrogen-bond acceptors (Lipinski definition) is 3. The van der Waals surface area contributed by atoms with Crippen LogP contribution in [0.1, 0.15) is 12.7 Å². The van der Waals surface area contributed by atoms with E-state index in [-0.39, 0.29) is 19.1 Å². The highest BCUT2D eigenvalue weighted by Crippen LogP contribution is 2.13. The molecule has 0 spiro atoms. The first-order valence-corrected chi connectivity index (χ1v) is 7.02. The fourth-order valence-electron chi connectivity index (χ4n) is 2.21. The number of para-hydroxylation sites is 2. The van der Waals surface area contributed by atoms with Gasteiger partial charge in [-0.2, -0.15) is 0 Å². The molecule has 2 amide bonds. The van der Waals surface area contributed by atoms with E-state index >= 15 is 0 Å². The molecule has 0 radical (unpaired) electrons. The molecule has 0 fully saturated rings. The van der Waals surface area contributed by atoms with Crippen LogP contribution in [0.15, 0.2) is 24.3 Å². The normalized spacial score (nSPS) is 12.1. The number of rotatable bonds is 5. The molecule has 2 rings (SSSR count). The maximum atomic E-state index is 12.0. The predicted molar refractivity (Wildman–Crippen MR) is 82.4 cm³/mol. The molecule has 2 aromatic rings. The standard InChI is InChI=1S/C15H20N4O3/c1-10(14(20)21)9-18(2)15(22)16-8-13-17-11-6-4-5-7-12(11)19(13)3/h4-7,10H,8-9H2,1-3H3,(H,16,22)(H,20,21). The molecule has 0 bridgehead atoms. The lowest BCUT2D eigenvalue weighted by Gasteiger charge is -2.19. The molecular weight excluding hydrogens is 284 g/mol. The van der Waals surface area contributed by atoms with E-state index in [0.29, 0.717) is 0 Å². The van der Waals surface area contributed by atoms with Gasteiger partial charge in [-0.1, -0.05) is 19.1 Å². The minimum Gasteiger partial charge on any atom is -0.481 e. The lowest BCUT2D eigenvalue weighted by atomic mass is 10.2. The number of carbonyl (C=O) groups is 2. The van der Waals surface area contributed by atoms with Gasteiger partial charge in [0, 0.05) is 20.6 Å². The van der Waals surface area contributed by atoms with Gasteiger partial charge in [-0.15, -0.1) is 0 Å². The van der Waals surface area contributed by atoms with Gasteiger partial charge in [-0.25, -0.2) is 9.78 Å². The summed E-state index contributed by atoms with van der Waals surface area (Å²) in [4.78, 5) is 28.6. The minimum absolute atomic E-state index is 0.156. The van der Waals surface area contributed by atoms with Crippen molar-refractivity contribution in [1.82, 2.24) is 19.8 Å². The number of fused-ring (bicyclic) bond motifs is 1. The van der Waals surface area contributed by atoms with E-state index in [2.05, 4.69) is 10.3 Å². The van der Waals surface area contributed by atoms with Crippen molar-refractivity contribution in [2.24, 2.45) is 13.0 Å². The Morgan fingerprint density at radius 3 is 2.73 bits per heavy atom. The van der Waals surface area contributed by atoms with Crippen LogP contribution < -0.4 is 5.32 Å². The minimum atomic E-state index is -0.921. The number of nitrogens with zero attached hydrogens (tertiary/aromatic N) is 3. The van der Waals surface area contributed by atoms with E-state index in [0.717, 1.165) is 16.9 Å². The topological polar surface area (TPSA) is 87.5 Å². The summed E-state index contributed by atoms with van der Waals surface area (Å²) < 4.78 is 1.93. The number of aliphatic carboxylic acids is 1. The second-order valence-electron chi connectivity index (χ2n) is 5.35. The molecule has 0 saturated carbocycles. The Balaban J connectivity index is 1.98. The van der Waals surface area contributed by atoms with Gasteiger partial charge in [-0.3, -0.25) is 4.79 Å². The second-order valence-corrected chi connectivity index (χ2v) is 5.35. The largest absolute Gasteiger partial charge is 0.481 e. The van der Waals surface area contributed by atoms with Gasteiger partial charge >= 0.3 is 12.0 Å². The zero-order chi connectivity index (χ0) is 16.3. The third-order valence-corrected chi connectivity index (χ3v) is 3.59. The molecule has 0 saturated heterocycles. The highest BCUT2D eigenvalue weighted by atomic mass is 16.4. The third-order valence-electron chi connectivity index (χ3n) is 3.59. The highest BCUT2D eigenvalue weighted by molar-refractivity contribution is 5.77. The van der Waals surface area contributed by atoms with E-state index in [1.165, 1.54) is 4.90 Å². The van der Waals surface area contributed by atoms with Gasteiger partial charge in [0.15, 0.2) is 0 Å². The van der Waals surface area contributed by atoms with Crippen molar-refractivity contribution in [2.45, 2.75) is 13.5 Å². The van der Waals surface area contributed by atoms with E-state index in [1.54, 1.807) is 14.0 Å². The molecule has 1 unspecified atom stereocenters. The summed E-state index contributed by atoms with van der Waals surface area (Å²) in [6.45, 7) is 2.01. The monoisotopic (exact) mass is 304 g/mol. The average molecular weight is 304 g/mol. The first-order valence-electron chi connectivity index (χ1n) is 7.02. The number of amides is 2. The van der Waals surface area contributed by atoms with Gasteiger partial charge in [0.25, 0.3) is 0 Å². The van der Waals surface area contributed by atoms with Crippen LogP contribution in [0.4, 0.5) is 4.79 Å². The van der Waals surface area contributed by atoms with E-state index in [4.69, 9.17) is 5.11 Å². The fourth-order valence-corrected chi connectivity index (χ4v) is 2.21. The van der Waals surface area contributed by atoms with Crippen molar-refractivity contribution in [2.75, 3.05) is 13.6 Å². The summed E-state index contributed by atoms with van der Waals surface area (Å²) in [5, 5.41) is 11.6. The second kappa shape index (κ2) is 6.46. The smallest absolute Gasteiger partial charge is 0.317 e. The number of benzene rings is 1. The zero-order valence-electron chi connectivity index (χ0n) is 12.9. The average Bonchev–Trinajstić information content (AvgIpc) is 2.81. The molecule has 118 valence electrons. The van der Waals surface area contributed by atoms with Crippen LogP contribution in [-0.4, -0.2) is 45.2 Å². The van der Waals surface area contributed by atoms with E-state index in [1.807, 2.05) is 35.9 Å². The van der Waals surface area contributed by atoms with Gasteiger partial charge in [0.05, 0.1) is 23.5 Å². The number of nitrogens with one attached hydrogen (secondary N) is 1. The summed E-state index contributed by atoms with van der Waals surface area (Å²) in [5.74, 6) is -0.782. The van der Waals surface area contributed by atoms with Gasteiger partial charge in [0.1, 0.15) is 5.82 Å². The molecule has 1 atom stereocenters. The Bertz CT molecular complexity index is 695. The van der Waals surface area contributed by atoms with Gasteiger partial charge in [0.2, 0.25) is 0 Å². The van der Waals surface area contributed by atoms with Crippen molar-refractivity contribution in [3.05, 3.63) is 30.1 Å². The van der Waals surface area contributed by atoms with Crippen molar-refractivity contribution in [1.29, 1.82) is 0 Å². The summed E-state index contributed by atoms with van der Waals surface area (Å²) in [6.07, 6.45) is 0. The van der Waals surface area contributed by atoms with Crippen LogP contribution in [0.5, 0.6) is 0 Å². The van der Waals surface area contributed by atoms with Crippen LogP contribution >= 0.6 is 0 Å². The summed E-state index contributed by atoms with van der Waals surface area (Å²) in [6, 6.07) is 7.42. The van der Waals surface area contributed by atoms with Gasteiger partial charge in [-0.05, 0) is 12.1 Å². The molecule has 0 aliphatic carbocycles. The SMILES string of the molecule is CC(CN(C)C(=O)NCc1nc2ccccc2n1C)C(=O)O. The number of urea groups is 1. The highest BCUT2D eigenvalue weighted by Gasteiger charge is 2.17. The Morgan fingerprint density at radius 2 is 2.09 bits per heavy atom. The van der Waals surface area contributed by atoms with Gasteiger partial charge < -0.3 is 19.9 Å². The number of carboxylic acid groups (broad SMARTS) is 1. The zero-order valence-corrected chi connectivity index (χ0v) is 12.9. The van der Waals surface area contributed by atoms with E-state index < -0.39 is 11.9 Å². The maximum Gasteiger partial charge on any atom is 0.317 e. The number of hydrogen-bond donors (Lipinski definition) is 2. The Labute approximate surface area is 128 Å². The molecule has 2 N–H and O–H groups in total. The molecule has 22 heavy (non-hydrogen) atoms. The first kappa shape index (κ1) is 15.8. The lowest BCUT2D eigenvalue weighted by Crippen LogP contribution is -2.40. The molecule has 7 heteroatoms. The molecular formula is C15H20N4O3.